The molecule has 76 valence electrons. The molecule has 1 aliphatic carbocycles. The number of hydrogen-bond acceptors (Lipinski definition) is 3. The number of nitrogens with one attached hydrogen (secondary N) is 1. The molecular weight excluding hydrogens is 198 g/mol. The molecule has 4 heteroatoms. The van der Waals surface area contributed by atoms with Gasteiger partial charge in [-0.1, -0.05) is 30.5 Å². The van der Waals surface area contributed by atoms with Gasteiger partial charge in [-0.15, -0.1) is 0 Å². The van der Waals surface area contributed by atoms with Crippen LogP contribution in [0.3, 0.4) is 0 Å². The molecule has 1 heterocycles. The first-order valence-corrected chi connectivity index (χ1v) is 5.25. The highest BCUT2D eigenvalue weighted by Gasteiger charge is 2.25. The average Bonchev–Trinajstić information content (AvgIpc) is 3.00. The first kappa shape index (κ1) is 9.90. The molecule has 2 rings (SSSR count). The van der Waals surface area contributed by atoms with Gasteiger partial charge in [-0.25, -0.2) is 4.98 Å². The lowest BCUT2D eigenvalue weighted by atomic mass is 10.0. The summed E-state index contributed by atoms with van der Waals surface area (Å²) in [6.07, 6.45) is 5.55. The zero-order chi connectivity index (χ0) is 9.97. The molecule has 1 aromatic rings. The number of nitrogens with zero attached hydrogens (tertiary/aromatic N) is 1. The third-order valence-corrected chi connectivity index (χ3v) is 2.84. The standard InChI is InChI=1S/C10H14ClN3/c11-10-4-3-8(6-13-10)9(14-12)5-7-1-2-7/h3-4,6-7,9,14H,1-2,5,12H2. The maximum Gasteiger partial charge on any atom is 0.129 e. The van der Waals surface area contributed by atoms with E-state index in [1.165, 1.54) is 12.8 Å². The average molecular weight is 212 g/mol. The summed E-state index contributed by atoms with van der Waals surface area (Å²) in [5.41, 5.74) is 3.94. The molecule has 0 amide bonds. The number of nitrogens with two attached hydrogens (primary N) is 1. The van der Waals surface area contributed by atoms with E-state index in [1.54, 1.807) is 12.3 Å². The molecule has 3 nitrogen and oxygen atoms in total. The third kappa shape index (κ3) is 2.44. The lowest BCUT2D eigenvalue weighted by Crippen LogP contribution is -2.28. The van der Waals surface area contributed by atoms with E-state index in [1.807, 2.05) is 6.07 Å². The van der Waals surface area contributed by atoms with Crippen molar-refractivity contribution < 1.29 is 0 Å². The predicted molar refractivity (Wildman–Crippen MR) is 56.7 cm³/mol. The van der Waals surface area contributed by atoms with Crippen molar-refractivity contribution in [2.75, 3.05) is 0 Å². The molecule has 1 aromatic heterocycles. The maximum absolute atomic E-state index is 5.71. The summed E-state index contributed by atoms with van der Waals surface area (Å²) in [7, 11) is 0. The second kappa shape index (κ2) is 4.26. The van der Waals surface area contributed by atoms with Gasteiger partial charge in [0.25, 0.3) is 0 Å². The summed E-state index contributed by atoms with van der Waals surface area (Å²) in [6.45, 7) is 0. The number of rotatable bonds is 4. The summed E-state index contributed by atoms with van der Waals surface area (Å²) in [5, 5.41) is 0.524. The van der Waals surface area contributed by atoms with Crippen molar-refractivity contribution >= 4 is 11.6 Å². The lowest BCUT2D eigenvalue weighted by molar-refractivity contribution is 0.486. The van der Waals surface area contributed by atoms with Crippen LogP contribution >= 0.6 is 11.6 Å². The highest BCUT2D eigenvalue weighted by molar-refractivity contribution is 6.29. The minimum atomic E-state index is 0.215. The van der Waals surface area contributed by atoms with E-state index in [0.29, 0.717) is 5.15 Å². The smallest absolute Gasteiger partial charge is 0.129 e. The molecule has 1 atom stereocenters. The molecule has 1 fully saturated rings. The number of hydrogen-bond donors (Lipinski definition) is 2. The van der Waals surface area contributed by atoms with Crippen LogP contribution in [0, 0.1) is 5.92 Å². The van der Waals surface area contributed by atoms with Crippen LogP contribution in [0.25, 0.3) is 0 Å². The van der Waals surface area contributed by atoms with Gasteiger partial charge in [-0.05, 0) is 24.0 Å². The number of aromatic nitrogens is 1. The first-order valence-electron chi connectivity index (χ1n) is 4.87. The summed E-state index contributed by atoms with van der Waals surface area (Å²) in [5.74, 6) is 6.35. The number of pyridine rings is 1. The molecule has 0 aliphatic heterocycles. The second-order valence-electron chi connectivity index (χ2n) is 3.81. The van der Waals surface area contributed by atoms with E-state index in [4.69, 9.17) is 17.4 Å². The van der Waals surface area contributed by atoms with Gasteiger partial charge in [0.15, 0.2) is 0 Å². The Morgan fingerprint density at radius 2 is 2.36 bits per heavy atom. The van der Waals surface area contributed by atoms with Crippen molar-refractivity contribution in [1.29, 1.82) is 0 Å². The molecule has 0 spiro atoms. The molecule has 1 unspecified atom stereocenters. The van der Waals surface area contributed by atoms with Crippen LogP contribution in [0.4, 0.5) is 0 Å². The van der Waals surface area contributed by atoms with E-state index in [2.05, 4.69) is 10.4 Å². The monoisotopic (exact) mass is 211 g/mol. The summed E-state index contributed by atoms with van der Waals surface area (Å²) >= 11 is 5.71. The van der Waals surface area contributed by atoms with Crippen molar-refractivity contribution in [3.8, 4) is 0 Å². The van der Waals surface area contributed by atoms with Crippen molar-refractivity contribution in [3.05, 3.63) is 29.0 Å². The van der Waals surface area contributed by atoms with Gasteiger partial charge in [0, 0.05) is 12.2 Å². The lowest BCUT2D eigenvalue weighted by Gasteiger charge is -2.15. The highest BCUT2D eigenvalue weighted by Crippen LogP contribution is 2.37. The van der Waals surface area contributed by atoms with Crippen LogP contribution in [0.5, 0.6) is 0 Å². The molecule has 0 aromatic carbocycles. The highest BCUT2D eigenvalue weighted by atomic mass is 35.5. The predicted octanol–water partition coefficient (Wildman–Crippen LogP) is 2.04. The maximum atomic E-state index is 5.71. The van der Waals surface area contributed by atoms with E-state index in [-0.39, 0.29) is 6.04 Å². The normalized spacial score (nSPS) is 18.1. The third-order valence-electron chi connectivity index (χ3n) is 2.62. The number of hydrazine groups is 1. The van der Waals surface area contributed by atoms with Gasteiger partial charge >= 0.3 is 0 Å². The summed E-state index contributed by atoms with van der Waals surface area (Å²) in [4.78, 5) is 4.05. The van der Waals surface area contributed by atoms with Crippen molar-refractivity contribution in [2.45, 2.75) is 25.3 Å². The molecule has 0 radical (unpaired) electrons. The van der Waals surface area contributed by atoms with Crippen LogP contribution in [-0.2, 0) is 0 Å². The van der Waals surface area contributed by atoms with Gasteiger partial charge < -0.3 is 0 Å². The van der Waals surface area contributed by atoms with Gasteiger partial charge in [-0.2, -0.15) is 0 Å². The molecule has 3 N–H and O–H groups in total. The second-order valence-corrected chi connectivity index (χ2v) is 4.20. The summed E-state index contributed by atoms with van der Waals surface area (Å²) in [6, 6.07) is 3.99. The zero-order valence-electron chi connectivity index (χ0n) is 7.91. The van der Waals surface area contributed by atoms with Crippen LogP contribution in [-0.4, -0.2) is 4.98 Å². The van der Waals surface area contributed by atoms with Crippen LogP contribution in [0.2, 0.25) is 5.15 Å². The zero-order valence-corrected chi connectivity index (χ0v) is 8.67. The molecule has 1 aliphatic rings. The summed E-state index contributed by atoms with van der Waals surface area (Å²) < 4.78 is 0. The Morgan fingerprint density at radius 3 is 2.86 bits per heavy atom. The molecule has 1 saturated carbocycles. The molecular formula is C10H14ClN3. The van der Waals surface area contributed by atoms with Crippen molar-refractivity contribution in [3.63, 3.8) is 0 Å². The largest absolute Gasteiger partial charge is 0.271 e. The Kier molecular flexibility index (Phi) is 3.01. The fourth-order valence-corrected chi connectivity index (χ4v) is 1.69. The van der Waals surface area contributed by atoms with Crippen LogP contribution < -0.4 is 11.3 Å². The Morgan fingerprint density at radius 1 is 1.57 bits per heavy atom. The Balaban J connectivity index is 2.05. The first-order chi connectivity index (χ1) is 6.79. The SMILES string of the molecule is NNC(CC1CC1)c1ccc(Cl)nc1. The van der Waals surface area contributed by atoms with Crippen molar-refractivity contribution in [1.82, 2.24) is 10.4 Å². The van der Waals surface area contributed by atoms with Gasteiger partial charge in [0.05, 0.1) is 0 Å². The van der Waals surface area contributed by atoms with Gasteiger partial charge in [0.1, 0.15) is 5.15 Å². The minimum Gasteiger partial charge on any atom is -0.271 e. The Labute approximate surface area is 88.6 Å². The number of halogens is 1. The Hall–Kier alpha value is -0.640. The van der Waals surface area contributed by atoms with Gasteiger partial charge in [0.2, 0.25) is 0 Å². The molecule has 14 heavy (non-hydrogen) atoms. The fourth-order valence-electron chi connectivity index (χ4n) is 1.58. The van der Waals surface area contributed by atoms with E-state index in [9.17, 15) is 0 Å². The van der Waals surface area contributed by atoms with Gasteiger partial charge in [-0.3, -0.25) is 11.3 Å². The van der Waals surface area contributed by atoms with Crippen molar-refractivity contribution in [2.24, 2.45) is 11.8 Å². The minimum absolute atomic E-state index is 0.215. The molecule has 0 saturated heterocycles. The van der Waals surface area contributed by atoms with E-state index < -0.39 is 0 Å². The van der Waals surface area contributed by atoms with E-state index in [0.717, 1.165) is 17.9 Å². The Bertz CT molecular complexity index is 295. The molecule has 0 bridgehead atoms. The quantitative estimate of drug-likeness (QED) is 0.455. The topological polar surface area (TPSA) is 50.9 Å². The van der Waals surface area contributed by atoms with E-state index >= 15 is 0 Å². The van der Waals surface area contributed by atoms with Crippen LogP contribution in [0.1, 0.15) is 30.9 Å². The van der Waals surface area contributed by atoms with Crippen LogP contribution in [0.15, 0.2) is 18.3 Å². The fraction of sp³-hybridized carbons (Fsp3) is 0.500.